The largest absolute Gasteiger partial charge is 0.356 e. The van der Waals surface area contributed by atoms with E-state index < -0.39 is 6.41 Å². The molecule has 1 spiro atoms. The number of carbonyl (C=O) groups excluding carboxylic acids is 1. The summed E-state index contributed by atoms with van der Waals surface area (Å²) in [5, 5.41) is 12.6. The minimum absolute atomic E-state index is 0.0894. The van der Waals surface area contributed by atoms with Gasteiger partial charge < -0.3 is 14.7 Å². The normalized spacial score (nSPS) is 40.1. The van der Waals surface area contributed by atoms with Gasteiger partial charge in [-0.15, -0.1) is 0 Å². The van der Waals surface area contributed by atoms with Gasteiger partial charge >= 0.3 is 0 Å². The lowest BCUT2D eigenvalue weighted by atomic mass is 9.68. The first-order chi connectivity index (χ1) is 12.8. The molecule has 27 heavy (non-hydrogen) atoms. The number of amides is 1. The van der Waals surface area contributed by atoms with Gasteiger partial charge in [0.2, 0.25) is 12.3 Å². The molecule has 4 aliphatic rings. The van der Waals surface area contributed by atoms with E-state index in [4.69, 9.17) is 4.74 Å². The van der Waals surface area contributed by atoms with Crippen LogP contribution in [-0.4, -0.2) is 47.6 Å². The van der Waals surface area contributed by atoms with Crippen LogP contribution in [0.15, 0.2) is 24.3 Å². The maximum absolute atomic E-state index is 12.8. The zero-order chi connectivity index (χ0) is 19.0. The third-order valence-corrected chi connectivity index (χ3v) is 7.21. The number of aliphatic hydroxyl groups is 1. The highest BCUT2D eigenvalue weighted by Gasteiger charge is 2.59. The highest BCUT2D eigenvalue weighted by molar-refractivity contribution is 5.81. The van der Waals surface area contributed by atoms with Crippen molar-refractivity contribution in [3.63, 3.8) is 0 Å². The Balaban J connectivity index is 1.18. The van der Waals surface area contributed by atoms with Crippen molar-refractivity contribution in [2.24, 2.45) is 17.8 Å². The molecule has 2 saturated carbocycles. The van der Waals surface area contributed by atoms with Gasteiger partial charge in [0, 0.05) is 24.5 Å². The summed E-state index contributed by atoms with van der Waals surface area (Å²) in [6, 6.07) is 9.05. The van der Waals surface area contributed by atoms with Crippen LogP contribution in [0.1, 0.15) is 50.7 Å². The number of rotatable bonds is 2. The van der Waals surface area contributed by atoms with Gasteiger partial charge in [-0.2, -0.15) is 0 Å². The molecule has 1 aromatic rings. The number of likely N-dealkylation sites (tertiary alicyclic amines) is 1. The first-order valence-electron chi connectivity index (χ1n) is 10.2. The second kappa shape index (κ2) is 5.79. The summed E-state index contributed by atoms with van der Waals surface area (Å²) in [7, 11) is 0. The maximum Gasteiger partial charge on any atom is 0.225 e. The number of hydrogen-bond donors (Lipinski definition) is 2. The third kappa shape index (κ3) is 2.91. The summed E-state index contributed by atoms with van der Waals surface area (Å²) < 4.78 is 5.20. The van der Waals surface area contributed by atoms with Crippen molar-refractivity contribution in [2.75, 3.05) is 19.7 Å². The SMILES string of the molecule is CC(C)(C)c1cccc(C2[C@H]3CN(C(=O)C4CC5(COC(O)N5)C4)C[C@@H]23)c1. The molecule has 5 nitrogen and oxygen atoms in total. The van der Waals surface area contributed by atoms with Crippen LogP contribution in [0.5, 0.6) is 0 Å². The van der Waals surface area contributed by atoms with E-state index in [0.29, 0.717) is 30.3 Å². The van der Waals surface area contributed by atoms with Crippen LogP contribution < -0.4 is 5.32 Å². The van der Waals surface area contributed by atoms with Crippen LogP contribution >= 0.6 is 0 Å². The third-order valence-electron chi connectivity index (χ3n) is 7.21. The Hall–Kier alpha value is -1.43. The van der Waals surface area contributed by atoms with Crippen LogP contribution in [0.2, 0.25) is 0 Å². The number of carbonyl (C=O) groups is 1. The van der Waals surface area contributed by atoms with Crippen molar-refractivity contribution in [3.8, 4) is 0 Å². The summed E-state index contributed by atoms with van der Waals surface area (Å²) in [5.74, 6) is 2.29. The van der Waals surface area contributed by atoms with Gasteiger partial charge in [0.05, 0.1) is 6.61 Å². The van der Waals surface area contributed by atoms with Gasteiger partial charge in [0.15, 0.2) is 0 Å². The zero-order valence-corrected chi connectivity index (χ0v) is 16.4. The number of aliphatic hydroxyl groups excluding tert-OH is 1. The Bertz CT molecular complexity index is 753. The van der Waals surface area contributed by atoms with Gasteiger partial charge in [0.1, 0.15) is 0 Å². The molecule has 0 bridgehead atoms. The van der Waals surface area contributed by atoms with Gasteiger partial charge in [-0.25, -0.2) is 0 Å². The van der Waals surface area contributed by atoms with Crippen molar-refractivity contribution in [3.05, 3.63) is 35.4 Å². The van der Waals surface area contributed by atoms with E-state index >= 15 is 0 Å². The number of ether oxygens (including phenoxy) is 1. The molecular weight excluding hydrogens is 340 g/mol. The Kier molecular flexibility index (Phi) is 3.78. The summed E-state index contributed by atoms with van der Waals surface area (Å²) >= 11 is 0. The maximum atomic E-state index is 12.8. The molecule has 4 fully saturated rings. The lowest BCUT2D eigenvalue weighted by molar-refractivity contribution is -0.140. The van der Waals surface area contributed by atoms with Gasteiger partial charge in [-0.1, -0.05) is 45.0 Å². The van der Waals surface area contributed by atoms with Crippen LogP contribution in [0, 0.1) is 17.8 Å². The molecule has 0 aromatic heterocycles. The molecule has 0 radical (unpaired) electrons. The Morgan fingerprint density at radius 2 is 1.96 bits per heavy atom. The minimum Gasteiger partial charge on any atom is -0.356 e. The van der Waals surface area contributed by atoms with Crippen molar-refractivity contribution in [2.45, 2.75) is 56.9 Å². The van der Waals surface area contributed by atoms with Gasteiger partial charge in [-0.3, -0.25) is 10.1 Å². The molecule has 2 aliphatic carbocycles. The number of nitrogens with one attached hydrogen (secondary N) is 1. The number of piperidine rings is 1. The smallest absolute Gasteiger partial charge is 0.225 e. The van der Waals surface area contributed by atoms with Crippen molar-refractivity contribution < 1.29 is 14.6 Å². The quantitative estimate of drug-likeness (QED) is 0.838. The van der Waals surface area contributed by atoms with Crippen LogP contribution in [0.25, 0.3) is 0 Å². The predicted molar refractivity (Wildman–Crippen MR) is 102 cm³/mol. The fourth-order valence-electron chi connectivity index (χ4n) is 5.55. The molecule has 4 atom stereocenters. The second-order valence-electron chi connectivity index (χ2n) is 10.2. The highest BCUT2D eigenvalue weighted by Crippen LogP contribution is 2.59. The molecule has 2 heterocycles. The summed E-state index contributed by atoms with van der Waals surface area (Å²) in [4.78, 5) is 14.9. The molecule has 2 saturated heterocycles. The lowest BCUT2D eigenvalue weighted by Crippen LogP contribution is -2.58. The zero-order valence-electron chi connectivity index (χ0n) is 16.4. The van der Waals surface area contributed by atoms with E-state index in [1.54, 1.807) is 0 Å². The average molecular weight is 370 g/mol. The number of benzene rings is 1. The first-order valence-corrected chi connectivity index (χ1v) is 10.2. The second-order valence-corrected chi connectivity index (χ2v) is 10.2. The molecule has 2 aliphatic heterocycles. The molecule has 2 unspecified atom stereocenters. The fourth-order valence-corrected chi connectivity index (χ4v) is 5.55. The Labute approximate surface area is 161 Å². The van der Waals surface area contributed by atoms with Crippen LogP contribution in [0.4, 0.5) is 0 Å². The van der Waals surface area contributed by atoms with E-state index in [2.05, 4.69) is 55.3 Å². The molecule has 1 amide bonds. The average Bonchev–Trinajstić information content (AvgIpc) is 2.93. The molecule has 2 N–H and O–H groups in total. The van der Waals surface area contributed by atoms with E-state index in [1.807, 2.05) is 0 Å². The van der Waals surface area contributed by atoms with Gasteiger partial charge in [0.25, 0.3) is 0 Å². The monoisotopic (exact) mass is 370 g/mol. The van der Waals surface area contributed by atoms with Gasteiger partial charge in [-0.05, 0) is 47.1 Å². The molecular formula is C22H30N2O3. The Morgan fingerprint density at radius 1 is 1.26 bits per heavy atom. The van der Waals surface area contributed by atoms with Crippen molar-refractivity contribution in [1.29, 1.82) is 0 Å². The molecule has 5 heteroatoms. The molecule has 5 rings (SSSR count). The fraction of sp³-hybridized carbons (Fsp3) is 0.682. The first kappa shape index (κ1) is 17.7. The van der Waals surface area contributed by atoms with Crippen molar-refractivity contribution in [1.82, 2.24) is 10.2 Å². The lowest BCUT2D eigenvalue weighted by Gasteiger charge is -2.44. The number of nitrogens with zero attached hydrogens (tertiary/aromatic N) is 1. The van der Waals surface area contributed by atoms with E-state index in [-0.39, 0.29) is 16.9 Å². The van der Waals surface area contributed by atoms with E-state index in [0.717, 1.165) is 25.9 Å². The highest BCUT2D eigenvalue weighted by atomic mass is 16.6. The summed E-state index contributed by atoms with van der Waals surface area (Å²) in [6.07, 6.45) is 0.697. The van der Waals surface area contributed by atoms with Crippen LogP contribution in [0.3, 0.4) is 0 Å². The number of fused-ring (bicyclic) bond motifs is 1. The predicted octanol–water partition coefficient (Wildman–Crippen LogP) is 2.20. The molecule has 146 valence electrons. The van der Waals surface area contributed by atoms with Crippen LogP contribution in [-0.2, 0) is 14.9 Å². The standard InChI is InChI=1S/C22H30N2O3/c1-21(2,3)15-6-4-5-13(7-15)18-16-10-24(11-17(16)18)19(25)14-8-22(9-14)12-27-20(26)23-22/h4-7,14,16-18,20,23,26H,8-12H2,1-3H3/t14?,16-,17+,18?,20?,22?. The van der Waals surface area contributed by atoms with Crippen molar-refractivity contribution >= 4 is 5.91 Å². The van der Waals surface area contributed by atoms with E-state index in [1.165, 1.54) is 11.1 Å². The topological polar surface area (TPSA) is 61.8 Å². The summed E-state index contributed by atoms with van der Waals surface area (Å²) in [5.41, 5.74) is 2.85. The minimum atomic E-state index is -0.870. The summed E-state index contributed by atoms with van der Waals surface area (Å²) in [6.45, 7) is 9.10. The van der Waals surface area contributed by atoms with E-state index in [9.17, 15) is 9.90 Å². The Morgan fingerprint density at radius 3 is 2.56 bits per heavy atom. The number of hydrogen-bond acceptors (Lipinski definition) is 4. The molecule has 1 aromatic carbocycles.